The van der Waals surface area contributed by atoms with Crippen LogP contribution in [0.25, 0.3) is 5.57 Å². The highest BCUT2D eigenvalue weighted by molar-refractivity contribution is 5.85. The van der Waals surface area contributed by atoms with Crippen molar-refractivity contribution in [3.05, 3.63) is 46.5 Å². The van der Waals surface area contributed by atoms with E-state index in [2.05, 4.69) is 36.1 Å². The summed E-state index contributed by atoms with van der Waals surface area (Å²) < 4.78 is 21.4. The summed E-state index contributed by atoms with van der Waals surface area (Å²) in [6.07, 6.45) is 10.0. The van der Waals surface area contributed by atoms with E-state index in [4.69, 9.17) is 4.74 Å². The maximum Gasteiger partial charge on any atom is 0.137 e. The van der Waals surface area contributed by atoms with Crippen molar-refractivity contribution in [2.45, 2.75) is 83.7 Å². The first kappa shape index (κ1) is 23.5. The third kappa shape index (κ3) is 4.30. The van der Waals surface area contributed by atoms with Crippen LogP contribution < -0.4 is 4.74 Å². The first-order valence-electron chi connectivity index (χ1n) is 14.1. The monoisotopic (exact) mass is 477 g/mol. The Morgan fingerprint density at radius 1 is 1.00 bits per heavy atom. The Morgan fingerprint density at radius 3 is 2.60 bits per heavy atom. The summed E-state index contributed by atoms with van der Waals surface area (Å²) >= 11 is 0. The van der Waals surface area contributed by atoms with Crippen molar-refractivity contribution in [1.29, 1.82) is 0 Å². The number of nitrogens with zero attached hydrogens (tertiary/aromatic N) is 1. The Morgan fingerprint density at radius 2 is 1.80 bits per heavy atom. The Balaban J connectivity index is 1.28. The fraction of sp³-hybridized carbons (Fsp3) is 0.645. The molecule has 1 saturated carbocycles. The number of hydrogen-bond donors (Lipinski definition) is 0. The number of ketones is 1. The first-order valence-corrected chi connectivity index (χ1v) is 14.1. The Bertz CT molecular complexity index is 1030. The Labute approximate surface area is 209 Å². The second kappa shape index (κ2) is 9.50. The van der Waals surface area contributed by atoms with Gasteiger partial charge in [0, 0.05) is 24.8 Å². The van der Waals surface area contributed by atoms with Crippen molar-refractivity contribution in [3.8, 4) is 5.75 Å². The van der Waals surface area contributed by atoms with Crippen molar-refractivity contribution in [2.75, 3.05) is 26.2 Å². The van der Waals surface area contributed by atoms with Gasteiger partial charge in [0.25, 0.3) is 0 Å². The summed E-state index contributed by atoms with van der Waals surface area (Å²) in [5, 5.41) is 0. The summed E-state index contributed by atoms with van der Waals surface area (Å²) in [6.45, 7) is 6.31. The molecule has 0 aromatic heterocycles. The van der Waals surface area contributed by atoms with Gasteiger partial charge in [0.05, 0.1) is 0 Å². The minimum absolute atomic E-state index is 0.268. The fourth-order valence-corrected chi connectivity index (χ4v) is 8.03. The molecule has 35 heavy (non-hydrogen) atoms. The van der Waals surface area contributed by atoms with Gasteiger partial charge in [-0.2, -0.15) is 0 Å². The number of hydrogen-bond acceptors (Lipinski definition) is 3. The predicted octanol–water partition coefficient (Wildman–Crippen LogP) is 6.92. The SMILES string of the molecule is C[C@]12CC(c3ccc(OCCN4CCCCC4)cc3)=C3C4=C(CCC3C1CC[C@H]2F)CC(=O)CC4. The van der Waals surface area contributed by atoms with E-state index < -0.39 is 6.17 Å². The number of Topliss-reactive ketones (excluding diaryl/α,β-unsaturated/α-hetero) is 1. The van der Waals surface area contributed by atoms with Crippen LogP contribution in [0.2, 0.25) is 0 Å². The number of alkyl halides is 1. The molecule has 1 aromatic carbocycles. The lowest BCUT2D eigenvalue weighted by molar-refractivity contribution is -0.118. The number of halogens is 1. The van der Waals surface area contributed by atoms with E-state index in [9.17, 15) is 4.79 Å². The second-order valence-electron chi connectivity index (χ2n) is 11.9. The third-order valence-electron chi connectivity index (χ3n) is 9.93. The molecule has 5 aliphatic rings. The van der Waals surface area contributed by atoms with Crippen LogP contribution in [0.15, 0.2) is 41.0 Å². The summed E-state index contributed by atoms with van der Waals surface area (Å²) in [5.41, 5.74) is 6.63. The van der Waals surface area contributed by atoms with E-state index >= 15 is 4.39 Å². The first-order chi connectivity index (χ1) is 17.0. The second-order valence-corrected chi connectivity index (χ2v) is 11.9. The molecule has 6 rings (SSSR count). The van der Waals surface area contributed by atoms with Crippen molar-refractivity contribution >= 4 is 11.4 Å². The summed E-state index contributed by atoms with van der Waals surface area (Å²) in [6, 6.07) is 8.61. The zero-order chi connectivity index (χ0) is 24.0. The van der Waals surface area contributed by atoms with Crippen LogP contribution >= 0.6 is 0 Å². The van der Waals surface area contributed by atoms with E-state index in [1.165, 1.54) is 60.2 Å². The van der Waals surface area contributed by atoms with Gasteiger partial charge in [0.2, 0.25) is 0 Å². The number of benzene rings is 1. The normalized spacial score (nSPS) is 33.4. The van der Waals surface area contributed by atoms with Crippen molar-refractivity contribution in [2.24, 2.45) is 17.3 Å². The van der Waals surface area contributed by atoms with Crippen molar-refractivity contribution in [1.82, 2.24) is 4.90 Å². The van der Waals surface area contributed by atoms with Crippen LogP contribution in [0.3, 0.4) is 0 Å². The molecule has 188 valence electrons. The quantitative estimate of drug-likeness (QED) is 0.461. The molecule has 0 spiro atoms. The largest absolute Gasteiger partial charge is 0.492 e. The van der Waals surface area contributed by atoms with Crippen LogP contribution in [0.4, 0.5) is 4.39 Å². The number of rotatable bonds is 5. The number of carbonyl (C=O) groups is 1. The van der Waals surface area contributed by atoms with Crippen molar-refractivity contribution < 1.29 is 13.9 Å². The zero-order valence-corrected chi connectivity index (χ0v) is 21.3. The molecule has 0 bridgehead atoms. The van der Waals surface area contributed by atoms with E-state index in [1.807, 2.05) is 0 Å². The van der Waals surface area contributed by atoms with Gasteiger partial charge in [-0.1, -0.05) is 31.1 Å². The molecule has 2 fully saturated rings. The average molecular weight is 478 g/mol. The molecule has 1 aromatic rings. The Kier molecular flexibility index (Phi) is 6.37. The molecule has 0 radical (unpaired) electrons. The van der Waals surface area contributed by atoms with Crippen LogP contribution in [-0.2, 0) is 4.79 Å². The average Bonchev–Trinajstić information content (AvgIpc) is 3.18. The highest BCUT2D eigenvalue weighted by Crippen LogP contribution is 2.63. The van der Waals surface area contributed by atoms with Gasteiger partial charge in [-0.25, -0.2) is 4.39 Å². The van der Waals surface area contributed by atoms with Gasteiger partial charge in [-0.3, -0.25) is 9.69 Å². The van der Waals surface area contributed by atoms with E-state index in [-0.39, 0.29) is 5.41 Å². The standard InChI is InChI=1S/C31H40FNO2/c1-31-20-27(21-5-9-24(10-6-21)35-18-17-33-15-3-2-4-16-33)30-25-12-8-23(34)19-22(25)7-11-26(30)28(31)13-14-29(31)32/h5-6,9-10,26,28-29H,2-4,7-8,11-20H2,1H3/t26?,28?,29-,31+/m1/s1. The summed E-state index contributed by atoms with van der Waals surface area (Å²) in [7, 11) is 0. The maximum atomic E-state index is 15.3. The molecular formula is C31H40FNO2. The fourth-order valence-electron chi connectivity index (χ4n) is 8.03. The van der Waals surface area contributed by atoms with Gasteiger partial charge < -0.3 is 4.74 Å². The lowest BCUT2D eigenvalue weighted by Gasteiger charge is -2.48. The summed E-state index contributed by atoms with van der Waals surface area (Å²) in [4.78, 5) is 14.7. The molecule has 4 heteroatoms. The molecule has 4 aliphatic carbocycles. The minimum Gasteiger partial charge on any atom is -0.492 e. The number of fused-ring (bicyclic) bond motifs is 4. The van der Waals surface area contributed by atoms with Gasteiger partial charge in [0.1, 0.15) is 24.3 Å². The molecule has 1 heterocycles. The molecular weight excluding hydrogens is 437 g/mol. The van der Waals surface area contributed by atoms with Crippen molar-refractivity contribution in [3.63, 3.8) is 0 Å². The van der Waals surface area contributed by atoms with Crippen LogP contribution in [0.5, 0.6) is 5.75 Å². The zero-order valence-electron chi connectivity index (χ0n) is 21.3. The molecule has 3 nitrogen and oxygen atoms in total. The third-order valence-corrected chi connectivity index (χ3v) is 9.93. The maximum absolute atomic E-state index is 15.3. The Hall–Kier alpha value is -1.94. The van der Waals surface area contributed by atoms with Crippen LogP contribution in [-0.4, -0.2) is 43.1 Å². The van der Waals surface area contributed by atoms with E-state index in [0.717, 1.165) is 51.0 Å². The molecule has 1 aliphatic heterocycles. The van der Waals surface area contributed by atoms with Crippen LogP contribution in [0, 0.1) is 17.3 Å². The highest BCUT2D eigenvalue weighted by Gasteiger charge is 2.55. The van der Waals surface area contributed by atoms with E-state index in [1.54, 1.807) is 0 Å². The molecule has 2 unspecified atom stereocenters. The molecule has 1 saturated heterocycles. The molecule has 4 atom stereocenters. The minimum atomic E-state index is -0.718. The topological polar surface area (TPSA) is 29.5 Å². The van der Waals surface area contributed by atoms with Gasteiger partial charge >= 0.3 is 0 Å². The lowest BCUT2D eigenvalue weighted by Crippen LogP contribution is -2.41. The lowest BCUT2D eigenvalue weighted by atomic mass is 9.56. The van der Waals surface area contributed by atoms with Gasteiger partial charge in [-0.15, -0.1) is 0 Å². The number of likely N-dealkylation sites (tertiary alicyclic amines) is 1. The number of allylic oxidation sites excluding steroid dienone is 4. The summed E-state index contributed by atoms with van der Waals surface area (Å²) in [5.74, 6) is 2.18. The molecule has 0 amide bonds. The number of piperidine rings is 1. The molecule has 0 N–H and O–H groups in total. The number of ether oxygens (including phenoxy) is 1. The van der Waals surface area contributed by atoms with Gasteiger partial charge in [0.15, 0.2) is 0 Å². The number of carbonyl (C=O) groups excluding carboxylic acids is 1. The van der Waals surface area contributed by atoms with E-state index in [0.29, 0.717) is 36.9 Å². The smallest absolute Gasteiger partial charge is 0.137 e. The predicted molar refractivity (Wildman–Crippen MR) is 138 cm³/mol. The van der Waals surface area contributed by atoms with Crippen LogP contribution in [0.1, 0.15) is 83.1 Å². The van der Waals surface area contributed by atoms with Gasteiger partial charge in [-0.05, 0) is 111 Å². The highest BCUT2D eigenvalue weighted by atomic mass is 19.1.